The Bertz CT molecular complexity index is 1020. The van der Waals surface area contributed by atoms with Gasteiger partial charge in [0, 0.05) is 12.8 Å². The number of carbonyl (C=O) groups excluding carboxylic acids is 2. The maximum absolute atomic E-state index is 12.5. The molecule has 0 heterocycles. The lowest BCUT2D eigenvalue weighted by Crippen LogP contribution is -2.45. The number of esters is 1. The third kappa shape index (κ3) is 58.0. The Kier molecular flexibility index (Phi) is 60.4. The smallest absolute Gasteiger partial charge is 0.305 e. The van der Waals surface area contributed by atoms with E-state index in [0.717, 1.165) is 38.5 Å². The van der Waals surface area contributed by atoms with E-state index in [4.69, 9.17) is 4.74 Å². The van der Waals surface area contributed by atoms with Gasteiger partial charge in [0.15, 0.2) is 0 Å². The second-order valence-corrected chi connectivity index (χ2v) is 22.8. The summed E-state index contributed by atoms with van der Waals surface area (Å²) in [6.07, 6.45) is 72.6. The summed E-state index contributed by atoms with van der Waals surface area (Å²) in [5.74, 6) is -0.0150. The highest BCUT2D eigenvalue weighted by molar-refractivity contribution is 5.76. The number of ether oxygens (including phenoxy) is 1. The maximum Gasteiger partial charge on any atom is 0.305 e. The summed E-state index contributed by atoms with van der Waals surface area (Å²) in [6, 6.07) is -0.541. The number of carbonyl (C=O) groups is 2. The lowest BCUT2D eigenvalue weighted by molar-refractivity contribution is -0.143. The van der Waals surface area contributed by atoms with E-state index < -0.39 is 12.1 Å². The highest BCUT2D eigenvalue weighted by atomic mass is 16.5. The van der Waals surface area contributed by atoms with Crippen LogP contribution in [0.4, 0.5) is 0 Å². The molecule has 424 valence electrons. The normalized spacial score (nSPS) is 12.5. The summed E-state index contributed by atoms with van der Waals surface area (Å²) in [5, 5.41) is 23.3. The SMILES string of the molecule is CCCCCCCCCCCCCCCCCCCC(O)C(CO)NC(=O)CCCCCCCCCCCCCCCCCCCCCCCOC(=O)CCCCCCCCCCCCCCCCCC. The third-order valence-corrected chi connectivity index (χ3v) is 15.7. The molecule has 0 saturated carbocycles. The van der Waals surface area contributed by atoms with Crippen molar-refractivity contribution >= 4 is 11.9 Å². The molecule has 71 heavy (non-hydrogen) atoms. The molecule has 0 aromatic heterocycles. The van der Waals surface area contributed by atoms with Crippen LogP contribution in [-0.4, -0.2) is 47.4 Å². The van der Waals surface area contributed by atoms with E-state index in [1.54, 1.807) is 0 Å². The van der Waals surface area contributed by atoms with E-state index >= 15 is 0 Å². The molecule has 3 N–H and O–H groups in total. The van der Waals surface area contributed by atoms with Crippen LogP contribution in [0.25, 0.3) is 0 Å². The molecule has 0 saturated heterocycles. The Labute approximate surface area is 445 Å². The first kappa shape index (κ1) is 69.9. The molecule has 0 rings (SSSR count). The average Bonchev–Trinajstić information content (AvgIpc) is 3.37. The van der Waals surface area contributed by atoms with E-state index in [1.807, 2.05) is 0 Å². The van der Waals surface area contributed by atoms with Crippen LogP contribution in [0.2, 0.25) is 0 Å². The Balaban J connectivity index is 3.36. The van der Waals surface area contributed by atoms with Crippen molar-refractivity contribution in [2.45, 2.75) is 392 Å². The minimum absolute atomic E-state index is 0.0168. The van der Waals surface area contributed by atoms with Gasteiger partial charge >= 0.3 is 5.97 Å². The molecule has 2 atom stereocenters. The van der Waals surface area contributed by atoms with Crippen molar-refractivity contribution in [3.05, 3.63) is 0 Å². The molecule has 2 unspecified atom stereocenters. The molecule has 0 radical (unpaired) electrons. The van der Waals surface area contributed by atoms with Crippen molar-refractivity contribution in [3.8, 4) is 0 Å². The van der Waals surface area contributed by atoms with E-state index in [0.29, 0.717) is 25.9 Å². The molecule has 0 aromatic carbocycles. The van der Waals surface area contributed by atoms with Gasteiger partial charge in [-0.3, -0.25) is 9.59 Å². The molecule has 0 aromatic rings. The Morgan fingerprint density at radius 1 is 0.338 bits per heavy atom. The van der Waals surface area contributed by atoms with Gasteiger partial charge in [-0.15, -0.1) is 0 Å². The first-order valence-corrected chi connectivity index (χ1v) is 32.8. The zero-order chi connectivity index (χ0) is 51.4. The van der Waals surface area contributed by atoms with E-state index in [1.165, 1.54) is 308 Å². The van der Waals surface area contributed by atoms with Crippen LogP contribution < -0.4 is 5.32 Å². The number of aliphatic hydroxyl groups is 2. The molecule has 0 spiro atoms. The fourth-order valence-electron chi connectivity index (χ4n) is 10.6. The predicted molar refractivity (Wildman–Crippen MR) is 310 cm³/mol. The van der Waals surface area contributed by atoms with Gasteiger partial charge in [-0.05, 0) is 25.7 Å². The Hall–Kier alpha value is -1.14. The van der Waals surface area contributed by atoms with Gasteiger partial charge in [0.05, 0.1) is 25.4 Å². The van der Waals surface area contributed by atoms with Gasteiger partial charge in [-0.1, -0.05) is 341 Å². The highest BCUT2D eigenvalue weighted by Crippen LogP contribution is 2.19. The number of hydrogen-bond acceptors (Lipinski definition) is 5. The summed E-state index contributed by atoms with van der Waals surface area (Å²) >= 11 is 0. The third-order valence-electron chi connectivity index (χ3n) is 15.7. The largest absolute Gasteiger partial charge is 0.466 e. The molecule has 0 bridgehead atoms. The molecule has 0 fully saturated rings. The number of unbranched alkanes of at least 4 members (excludes halogenated alkanes) is 51. The minimum atomic E-state index is -0.664. The zero-order valence-electron chi connectivity index (χ0n) is 48.5. The van der Waals surface area contributed by atoms with Crippen LogP contribution in [0, 0.1) is 0 Å². The number of rotatable bonds is 62. The lowest BCUT2D eigenvalue weighted by atomic mass is 10.0. The second kappa shape index (κ2) is 61.4. The monoisotopic (exact) mass is 1000 g/mol. The Morgan fingerprint density at radius 2 is 0.577 bits per heavy atom. The number of aliphatic hydroxyl groups excluding tert-OH is 2. The molecule has 0 aliphatic rings. The summed E-state index contributed by atoms with van der Waals surface area (Å²) < 4.78 is 5.50. The molecular weight excluding hydrogens is 875 g/mol. The van der Waals surface area contributed by atoms with Crippen molar-refractivity contribution in [1.82, 2.24) is 5.32 Å². The van der Waals surface area contributed by atoms with Crippen molar-refractivity contribution in [1.29, 1.82) is 0 Å². The highest BCUT2D eigenvalue weighted by Gasteiger charge is 2.20. The number of amides is 1. The fraction of sp³-hybridized carbons (Fsp3) is 0.969. The Morgan fingerprint density at radius 3 is 0.859 bits per heavy atom. The summed E-state index contributed by atoms with van der Waals surface area (Å²) in [6.45, 7) is 4.99. The van der Waals surface area contributed by atoms with Gasteiger partial charge < -0.3 is 20.3 Å². The molecule has 0 aliphatic heterocycles. The van der Waals surface area contributed by atoms with Crippen LogP contribution in [0.1, 0.15) is 380 Å². The summed E-state index contributed by atoms with van der Waals surface area (Å²) in [4.78, 5) is 24.6. The quantitative estimate of drug-likeness (QED) is 0.0417. The minimum Gasteiger partial charge on any atom is -0.466 e. The topological polar surface area (TPSA) is 95.9 Å². The van der Waals surface area contributed by atoms with Gasteiger partial charge in [0.1, 0.15) is 0 Å². The standard InChI is InChI=1S/C65H129NO5/c1-3-5-7-9-11-13-15-17-19-26-29-33-37-41-45-49-53-57-63(68)62(61-67)66-64(69)58-54-50-46-42-38-34-30-27-24-22-21-23-25-28-32-36-40-44-48-52-56-60-71-65(70)59-55-51-47-43-39-35-31-20-18-16-14-12-10-8-6-4-2/h62-63,67-68H,3-61H2,1-2H3,(H,66,69). The first-order valence-electron chi connectivity index (χ1n) is 32.8. The fourth-order valence-corrected chi connectivity index (χ4v) is 10.6. The van der Waals surface area contributed by atoms with Crippen LogP contribution in [0.5, 0.6) is 0 Å². The molecule has 0 aliphatic carbocycles. The van der Waals surface area contributed by atoms with Gasteiger partial charge in [0.2, 0.25) is 5.91 Å². The second-order valence-electron chi connectivity index (χ2n) is 22.8. The van der Waals surface area contributed by atoms with E-state index in [2.05, 4.69) is 19.2 Å². The summed E-state index contributed by atoms with van der Waals surface area (Å²) in [5.41, 5.74) is 0. The van der Waals surface area contributed by atoms with Crippen molar-refractivity contribution in [2.75, 3.05) is 13.2 Å². The van der Waals surface area contributed by atoms with Crippen LogP contribution in [0.3, 0.4) is 0 Å². The van der Waals surface area contributed by atoms with Crippen LogP contribution in [-0.2, 0) is 14.3 Å². The van der Waals surface area contributed by atoms with Crippen molar-refractivity contribution in [2.24, 2.45) is 0 Å². The van der Waals surface area contributed by atoms with Crippen molar-refractivity contribution < 1.29 is 24.5 Å². The van der Waals surface area contributed by atoms with Crippen LogP contribution >= 0.6 is 0 Å². The number of hydrogen-bond donors (Lipinski definition) is 3. The molecule has 1 amide bonds. The maximum atomic E-state index is 12.5. The summed E-state index contributed by atoms with van der Waals surface area (Å²) in [7, 11) is 0. The van der Waals surface area contributed by atoms with Gasteiger partial charge in [-0.25, -0.2) is 0 Å². The zero-order valence-corrected chi connectivity index (χ0v) is 48.5. The van der Waals surface area contributed by atoms with Crippen LogP contribution in [0.15, 0.2) is 0 Å². The number of nitrogens with one attached hydrogen (secondary N) is 1. The molecular formula is C65H129NO5. The lowest BCUT2D eigenvalue weighted by Gasteiger charge is -2.22. The van der Waals surface area contributed by atoms with Crippen molar-refractivity contribution in [3.63, 3.8) is 0 Å². The van der Waals surface area contributed by atoms with E-state index in [-0.39, 0.29) is 18.5 Å². The first-order chi connectivity index (χ1) is 35.0. The predicted octanol–water partition coefficient (Wildman–Crippen LogP) is 20.6. The molecule has 6 nitrogen and oxygen atoms in total. The molecule has 6 heteroatoms. The van der Waals surface area contributed by atoms with Gasteiger partial charge in [-0.2, -0.15) is 0 Å². The van der Waals surface area contributed by atoms with Gasteiger partial charge in [0.25, 0.3) is 0 Å². The average molecular weight is 1000 g/mol. The van der Waals surface area contributed by atoms with E-state index in [9.17, 15) is 19.8 Å².